The maximum absolute atomic E-state index is 12.0. The first-order chi connectivity index (χ1) is 9.92. The molecule has 0 aliphatic heterocycles. The van der Waals surface area contributed by atoms with Crippen molar-refractivity contribution in [3.8, 4) is 0 Å². The Kier molecular flexibility index (Phi) is 5.00. The van der Waals surface area contributed by atoms with Gasteiger partial charge in [0.05, 0.1) is 17.4 Å². The second-order valence-electron chi connectivity index (χ2n) is 5.82. The van der Waals surface area contributed by atoms with Crippen LogP contribution >= 0.6 is 11.3 Å². The van der Waals surface area contributed by atoms with Crippen molar-refractivity contribution >= 4 is 22.2 Å². The molecule has 2 N–H and O–H groups in total. The van der Waals surface area contributed by atoms with E-state index in [9.17, 15) is 4.79 Å². The van der Waals surface area contributed by atoms with E-state index in [4.69, 9.17) is 0 Å². The minimum absolute atomic E-state index is 0.0450. The largest absolute Gasteiger partial charge is 0.358 e. The van der Waals surface area contributed by atoms with Gasteiger partial charge in [-0.1, -0.05) is 13.8 Å². The maximum Gasteiger partial charge on any atom is 0.236 e. The van der Waals surface area contributed by atoms with E-state index in [1.165, 1.54) is 4.88 Å². The summed E-state index contributed by atoms with van der Waals surface area (Å²) in [5, 5.41) is 6.11. The van der Waals surface area contributed by atoms with E-state index in [0.717, 1.165) is 22.8 Å². The van der Waals surface area contributed by atoms with E-state index >= 15 is 0 Å². The molecule has 2 heterocycles. The molecule has 2 aromatic heterocycles. The molecule has 2 rings (SSSR count). The maximum atomic E-state index is 12.0. The molecule has 0 aliphatic carbocycles. The molecule has 0 bridgehead atoms. The molecule has 1 amide bonds. The van der Waals surface area contributed by atoms with E-state index in [-0.39, 0.29) is 11.9 Å². The summed E-state index contributed by atoms with van der Waals surface area (Å²) in [4.78, 5) is 18.8. The summed E-state index contributed by atoms with van der Waals surface area (Å²) in [5.41, 5.74) is 2.15. The van der Waals surface area contributed by atoms with Gasteiger partial charge < -0.3 is 10.6 Å². The van der Waals surface area contributed by atoms with Crippen molar-refractivity contribution in [2.45, 2.75) is 46.7 Å². The molecule has 1 atom stereocenters. The van der Waals surface area contributed by atoms with Gasteiger partial charge in [-0.2, -0.15) is 0 Å². The Bertz CT molecular complexity index is 629. The molecule has 0 aromatic carbocycles. The molecule has 0 radical (unpaired) electrons. The summed E-state index contributed by atoms with van der Waals surface area (Å²) < 4.78 is 2.12. The fourth-order valence-corrected chi connectivity index (χ4v) is 3.36. The molecule has 0 aliphatic rings. The van der Waals surface area contributed by atoms with E-state index in [2.05, 4.69) is 47.0 Å². The average Bonchev–Trinajstić information content (AvgIpc) is 2.89. The Morgan fingerprint density at radius 1 is 1.43 bits per heavy atom. The van der Waals surface area contributed by atoms with Crippen LogP contribution in [0.5, 0.6) is 0 Å². The van der Waals surface area contributed by atoms with Crippen molar-refractivity contribution in [1.82, 2.24) is 20.0 Å². The smallest absolute Gasteiger partial charge is 0.236 e. The fraction of sp³-hybridized carbons (Fsp3) is 0.600. The van der Waals surface area contributed by atoms with Gasteiger partial charge in [-0.15, -0.1) is 11.3 Å². The van der Waals surface area contributed by atoms with Gasteiger partial charge in [0.15, 0.2) is 4.96 Å². The number of carbonyl (C=O) groups excluding carboxylic acids is 1. The van der Waals surface area contributed by atoms with Gasteiger partial charge in [0.1, 0.15) is 0 Å². The fourth-order valence-electron chi connectivity index (χ4n) is 2.47. The topological polar surface area (TPSA) is 58.4 Å². The Morgan fingerprint density at radius 2 is 2.14 bits per heavy atom. The number of nitrogens with one attached hydrogen (secondary N) is 2. The average molecular weight is 308 g/mol. The molecule has 5 nitrogen and oxygen atoms in total. The number of carbonyl (C=O) groups is 1. The zero-order valence-electron chi connectivity index (χ0n) is 13.4. The van der Waals surface area contributed by atoms with Gasteiger partial charge in [0.25, 0.3) is 0 Å². The number of thiazole rings is 1. The predicted octanol–water partition coefficient (Wildman–Crippen LogP) is 2.26. The molecule has 6 heteroatoms. The van der Waals surface area contributed by atoms with Crippen LogP contribution in [0.4, 0.5) is 0 Å². The molecule has 1 unspecified atom stereocenters. The summed E-state index contributed by atoms with van der Waals surface area (Å²) in [6.07, 6.45) is 2.93. The molecule has 0 fully saturated rings. The number of aromatic nitrogens is 2. The summed E-state index contributed by atoms with van der Waals surface area (Å²) in [7, 11) is 1.68. The molecule has 0 saturated heterocycles. The molecule has 0 saturated carbocycles. The quantitative estimate of drug-likeness (QED) is 0.860. The Labute approximate surface area is 129 Å². The second kappa shape index (κ2) is 6.58. The van der Waals surface area contributed by atoms with E-state index in [1.807, 2.05) is 6.92 Å². The van der Waals surface area contributed by atoms with Crippen molar-refractivity contribution in [3.05, 3.63) is 22.5 Å². The molecular formula is C15H24N4OS. The molecule has 116 valence electrons. The van der Waals surface area contributed by atoms with Crippen molar-refractivity contribution in [1.29, 1.82) is 0 Å². The lowest BCUT2D eigenvalue weighted by atomic mass is 10.0. The SMILES string of the molecule is CNC(=O)C(CC(C)C)NCc1c(C)nc2sc(C)cn12. The van der Waals surface area contributed by atoms with E-state index in [0.29, 0.717) is 12.5 Å². The van der Waals surface area contributed by atoms with Crippen LogP contribution in [0, 0.1) is 19.8 Å². The van der Waals surface area contributed by atoms with Crippen LogP contribution in [0.2, 0.25) is 0 Å². The van der Waals surface area contributed by atoms with Gasteiger partial charge in [0, 0.05) is 24.7 Å². The number of nitrogens with zero attached hydrogens (tertiary/aromatic N) is 2. The molecule has 0 spiro atoms. The Morgan fingerprint density at radius 3 is 2.76 bits per heavy atom. The Balaban J connectivity index is 2.14. The molecule has 2 aromatic rings. The second-order valence-corrected chi connectivity index (χ2v) is 7.03. The van der Waals surface area contributed by atoms with Crippen LogP contribution < -0.4 is 10.6 Å². The van der Waals surface area contributed by atoms with Crippen LogP contribution in [-0.4, -0.2) is 28.4 Å². The Hall–Kier alpha value is -1.40. The minimum atomic E-state index is -0.167. The van der Waals surface area contributed by atoms with Gasteiger partial charge in [-0.25, -0.2) is 4.98 Å². The highest BCUT2D eigenvalue weighted by Gasteiger charge is 2.19. The van der Waals surface area contributed by atoms with E-state index in [1.54, 1.807) is 18.4 Å². The number of rotatable bonds is 6. The highest BCUT2D eigenvalue weighted by molar-refractivity contribution is 7.17. The number of hydrogen-bond donors (Lipinski definition) is 2. The lowest BCUT2D eigenvalue weighted by Crippen LogP contribution is -2.43. The van der Waals surface area contributed by atoms with Crippen LogP contribution in [0.25, 0.3) is 4.96 Å². The normalized spacial score (nSPS) is 13.0. The summed E-state index contributed by atoms with van der Waals surface area (Å²) in [6, 6.07) is -0.167. The number of hydrogen-bond acceptors (Lipinski definition) is 4. The molecule has 21 heavy (non-hydrogen) atoms. The van der Waals surface area contributed by atoms with Crippen LogP contribution in [0.15, 0.2) is 6.20 Å². The zero-order chi connectivity index (χ0) is 15.6. The first-order valence-electron chi connectivity index (χ1n) is 7.31. The summed E-state index contributed by atoms with van der Waals surface area (Å²) >= 11 is 1.69. The van der Waals surface area contributed by atoms with Crippen molar-refractivity contribution in [2.24, 2.45) is 5.92 Å². The number of aryl methyl sites for hydroxylation is 2. The minimum Gasteiger partial charge on any atom is -0.358 e. The zero-order valence-corrected chi connectivity index (χ0v) is 14.2. The van der Waals surface area contributed by atoms with Gasteiger partial charge in [0.2, 0.25) is 5.91 Å². The van der Waals surface area contributed by atoms with Crippen molar-refractivity contribution in [2.75, 3.05) is 7.05 Å². The standard InChI is InChI=1S/C15H24N4OS/c1-9(2)6-12(14(20)16-5)17-7-13-11(4)18-15-19(13)8-10(3)21-15/h8-9,12,17H,6-7H2,1-5H3,(H,16,20). The van der Waals surface area contributed by atoms with Crippen LogP contribution in [-0.2, 0) is 11.3 Å². The molecular weight excluding hydrogens is 284 g/mol. The third kappa shape index (κ3) is 3.63. The third-order valence-electron chi connectivity index (χ3n) is 3.53. The first kappa shape index (κ1) is 16.0. The number of imidazole rings is 1. The predicted molar refractivity (Wildman–Crippen MR) is 86.7 cm³/mol. The van der Waals surface area contributed by atoms with Crippen molar-refractivity contribution in [3.63, 3.8) is 0 Å². The van der Waals surface area contributed by atoms with Gasteiger partial charge in [-0.3, -0.25) is 9.20 Å². The first-order valence-corrected chi connectivity index (χ1v) is 8.13. The monoisotopic (exact) mass is 308 g/mol. The number of amides is 1. The number of fused-ring (bicyclic) bond motifs is 1. The summed E-state index contributed by atoms with van der Waals surface area (Å²) in [6.45, 7) is 9.00. The van der Waals surface area contributed by atoms with Crippen LogP contribution in [0.3, 0.4) is 0 Å². The van der Waals surface area contributed by atoms with Crippen LogP contribution in [0.1, 0.15) is 36.5 Å². The third-order valence-corrected chi connectivity index (χ3v) is 4.42. The van der Waals surface area contributed by atoms with Gasteiger partial charge >= 0.3 is 0 Å². The highest BCUT2D eigenvalue weighted by Crippen LogP contribution is 2.20. The summed E-state index contributed by atoms with van der Waals surface area (Å²) in [5.74, 6) is 0.512. The highest BCUT2D eigenvalue weighted by atomic mass is 32.1. The number of likely N-dealkylation sites (N-methyl/N-ethyl adjacent to an activating group) is 1. The van der Waals surface area contributed by atoms with Crippen molar-refractivity contribution < 1.29 is 4.79 Å². The lowest BCUT2D eigenvalue weighted by Gasteiger charge is -2.19. The lowest BCUT2D eigenvalue weighted by molar-refractivity contribution is -0.123. The van der Waals surface area contributed by atoms with Gasteiger partial charge in [-0.05, 0) is 26.2 Å². The van der Waals surface area contributed by atoms with E-state index < -0.39 is 0 Å².